The molecule has 0 aromatic carbocycles. The SMILES string of the molecule is O=C(CCC1NC(=O)N(Cc2ccco2)C1=O)NCCCN1CCOCC1. The molecule has 3 heterocycles. The van der Waals surface area contributed by atoms with E-state index in [4.69, 9.17) is 9.15 Å². The average molecular weight is 378 g/mol. The van der Waals surface area contributed by atoms with E-state index in [1.165, 1.54) is 6.26 Å². The van der Waals surface area contributed by atoms with Crippen molar-refractivity contribution in [3.8, 4) is 0 Å². The van der Waals surface area contributed by atoms with Gasteiger partial charge in [0.25, 0.3) is 5.91 Å². The zero-order chi connectivity index (χ0) is 19.1. The molecule has 148 valence electrons. The fourth-order valence-corrected chi connectivity index (χ4v) is 3.20. The van der Waals surface area contributed by atoms with E-state index in [1.54, 1.807) is 12.1 Å². The third-order valence-electron chi connectivity index (χ3n) is 4.74. The normalized spacial score (nSPS) is 20.7. The molecule has 0 bridgehead atoms. The second-order valence-corrected chi connectivity index (χ2v) is 6.70. The Labute approximate surface area is 158 Å². The molecule has 0 spiro atoms. The van der Waals surface area contributed by atoms with Gasteiger partial charge in [-0.2, -0.15) is 0 Å². The van der Waals surface area contributed by atoms with Crippen molar-refractivity contribution in [2.24, 2.45) is 0 Å². The summed E-state index contributed by atoms with van der Waals surface area (Å²) in [6.07, 6.45) is 2.85. The van der Waals surface area contributed by atoms with Crippen LogP contribution in [0.2, 0.25) is 0 Å². The van der Waals surface area contributed by atoms with E-state index in [-0.39, 0.29) is 31.2 Å². The smallest absolute Gasteiger partial charge is 0.325 e. The van der Waals surface area contributed by atoms with Gasteiger partial charge in [0.2, 0.25) is 5.91 Å². The monoisotopic (exact) mass is 378 g/mol. The Hall–Kier alpha value is -2.39. The number of ether oxygens (including phenoxy) is 1. The van der Waals surface area contributed by atoms with Crippen molar-refractivity contribution >= 4 is 17.8 Å². The number of nitrogens with zero attached hydrogens (tertiary/aromatic N) is 2. The Balaban J connectivity index is 1.32. The van der Waals surface area contributed by atoms with E-state index in [1.807, 2.05) is 0 Å². The van der Waals surface area contributed by atoms with Gasteiger partial charge in [0.1, 0.15) is 11.8 Å². The molecule has 1 atom stereocenters. The van der Waals surface area contributed by atoms with Gasteiger partial charge in [0, 0.05) is 26.1 Å². The van der Waals surface area contributed by atoms with Crippen LogP contribution in [0.5, 0.6) is 0 Å². The lowest BCUT2D eigenvalue weighted by Gasteiger charge is -2.26. The maximum Gasteiger partial charge on any atom is 0.325 e. The molecule has 4 amide bonds. The predicted molar refractivity (Wildman–Crippen MR) is 95.7 cm³/mol. The van der Waals surface area contributed by atoms with E-state index in [2.05, 4.69) is 15.5 Å². The maximum atomic E-state index is 12.3. The highest BCUT2D eigenvalue weighted by atomic mass is 16.5. The Morgan fingerprint density at radius 3 is 2.85 bits per heavy atom. The Morgan fingerprint density at radius 1 is 1.30 bits per heavy atom. The van der Waals surface area contributed by atoms with E-state index >= 15 is 0 Å². The first-order chi connectivity index (χ1) is 13.1. The van der Waals surface area contributed by atoms with E-state index < -0.39 is 12.1 Å². The molecular formula is C18H26N4O5. The summed E-state index contributed by atoms with van der Waals surface area (Å²) < 4.78 is 10.5. The summed E-state index contributed by atoms with van der Waals surface area (Å²) in [6, 6.07) is 2.30. The van der Waals surface area contributed by atoms with Gasteiger partial charge < -0.3 is 19.8 Å². The Kier molecular flexibility index (Phi) is 6.83. The molecule has 0 radical (unpaired) electrons. The number of urea groups is 1. The predicted octanol–water partition coefficient (Wildman–Crippen LogP) is 0.319. The number of carbonyl (C=O) groups excluding carboxylic acids is 3. The zero-order valence-corrected chi connectivity index (χ0v) is 15.3. The van der Waals surface area contributed by atoms with Crippen LogP contribution in [0.1, 0.15) is 25.0 Å². The molecule has 2 aliphatic rings. The molecule has 2 aliphatic heterocycles. The quantitative estimate of drug-likeness (QED) is 0.474. The lowest BCUT2D eigenvalue weighted by molar-refractivity contribution is -0.128. The van der Waals surface area contributed by atoms with Crippen LogP contribution >= 0.6 is 0 Å². The summed E-state index contributed by atoms with van der Waals surface area (Å²) in [5.74, 6) is 0.109. The van der Waals surface area contributed by atoms with Crippen LogP contribution in [0.4, 0.5) is 4.79 Å². The standard InChI is InChI=1S/C18H26N4O5/c23-16(19-6-2-7-21-8-11-26-12-9-21)5-4-15-17(24)22(18(25)20-15)13-14-3-1-10-27-14/h1,3,10,15H,2,4-9,11-13H2,(H,19,23)(H,20,25). The van der Waals surface area contributed by atoms with Gasteiger partial charge in [0.05, 0.1) is 26.0 Å². The number of nitrogens with one attached hydrogen (secondary N) is 2. The van der Waals surface area contributed by atoms with E-state index in [0.29, 0.717) is 12.3 Å². The summed E-state index contributed by atoms with van der Waals surface area (Å²) in [6.45, 7) is 5.04. The van der Waals surface area contributed by atoms with Crippen molar-refractivity contribution in [1.82, 2.24) is 20.4 Å². The third kappa shape index (κ3) is 5.54. The number of morpholine rings is 1. The van der Waals surface area contributed by atoms with E-state index in [0.717, 1.165) is 44.2 Å². The van der Waals surface area contributed by atoms with Crippen molar-refractivity contribution in [2.45, 2.75) is 31.8 Å². The number of imide groups is 1. The summed E-state index contributed by atoms with van der Waals surface area (Å²) in [7, 11) is 0. The van der Waals surface area contributed by atoms with Crippen LogP contribution in [-0.4, -0.2) is 73.1 Å². The highest BCUT2D eigenvalue weighted by molar-refractivity contribution is 6.04. The van der Waals surface area contributed by atoms with Crippen molar-refractivity contribution in [3.05, 3.63) is 24.2 Å². The highest BCUT2D eigenvalue weighted by Crippen LogP contribution is 2.15. The zero-order valence-electron chi connectivity index (χ0n) is 15.3. The summed E-state index contributed by atoms with van der Waals surface area (Å²) in [5.41, 5.74) is 0. The number of rotatable bonds is 9. The van der Waals surface area contributed by atoms with E-state index in [9.17, 15) is 14.4 Å². The molecule has 2 saturated heterocycles. The first kappa shape index (κ1) is 19.4. The summed E-state index contributed by atoms with van der Waals surface area (Å²) in [4.78, 5) is 39.7. The lowest BCUT2D eigenvalue weighted by Crippen LogP contribution is -2.38. The Morgan fingerprint density at radius 2 is 2.11 bits per heavy atom. The largest absolute Gasteiger partial charge is 0.467 e. The van der Waals surface area contributed by atoms with Crippen LogP contribution < -0.4 is 10.6 Å². The summed E-state index contributed by atoms with van der Waals surface area (Å²) in [5, 5.41) is 5.50. The molecule has 1 unspecified atom stereocenters. The first-order valence-electron chi connectivity index (χ1n) is 9.34. The van der Waals surface area contributed by atoms with Crippen molar-refractivity contribution in [3.63, 3.8) is 0 Å². The molecule has 1 aromatic rings. The van der Waals surface area contributed by atoms with Crippen LogP contribution in [0.25, 0.3) is 0 Å². The third-order valence-corrected chi connectivity index (χ3v) is 4.74. The minimum absolute atomic E-state index is 0.0991. The van der Waals surface area contributed by atoms with Gasteiger partial charge >= 0.3 is 6.03 Å². The van der Waals surface area contributed by atoms with Gasteiger partial charge in [-0.15, -0.1) is 0 Å². The van der Waals surface area contributed by atoms with Gasteiger partial charge in [-0.3, -0.25) is 19.4 Å². The molecule has 2 N–H and O–H groups in total. The second kappa shape index (κ2) is 9.52. The minimum Gasteiger partial charge on any atom is -0.467 e. The van der Waals surface area contributed by atoms with Crippen LogP contribution in [0, 0.1) is 0 Å². The maximum absolute atomic E-state index is 12.3. The number of hydrogen-bond acceptors (Lipinski definition) is 6. The average Bonchev–Trinajstić information content (AvgIpc) is 3.28. The topological polar surface area (TPSA) is 104 Å². The fourth-order valence-electron chi connectivity index (χ4n) is 3.20. The molecule has 2 fully saturated rings. The van der Waals surface area contributed by atoms with Gasteiger partial charge in [0.15, 0.2) is 0 Å². The minimum atomic E-state index is -0.661. The van der Waals surface area contributed by atoms with Gasteiger partial charge in [-0.25, -0.2) is 4.79 Å². The van der Waals surface area contributed by atoms with Gasteiger partial charge in [-0.1, -0.05) is 0 Å². The number of carbonyl (C=O) groups is 3. The summed E-state index contributed by atoms with van der Waals surface area (Å²) >= 11 is 0. The van der Waals surface area contributed by atoms with Crippen molar-refractivity contribution in [2.75, 3.05) is 39.4 Å². The molecule has 9 heteroatoms. The van der Waals surface area contributed by atoms with Crippen LogP contribution in [0.3, 0.4) is 0 Å². The molecule has 0 aliphatic carbocycles. The molecule has 3 rings (SSSR count). The second-order valence-electron chi connectivity index (χ2n) is 6.70. The number of hydrogen-bond donors (Lipinski definition) is 2. The Bertz CT molecular complexity index is 642. The molecule has 1 aromatic heterocycles. The molecule has 27 heavy (non-hydrogen) atoms. The number of amides is 4. The molecular weight excluding hydrogens is 352 g/mol. The highest BCUT2D eigenvalue weighted by Gasteiger charge is 2.38. The first-order valence-corrected chi connectivity index (χ1v) is 9.34. The van der Waals surface area contributed by atoms with Crippen LogP contribution in [-0.2, 0) is 20.9 Å². The molecule has 0 saturated carbocycles. The van der Waals surface area contributed by atoms with Crippen LogP contribution in [0.15, 0.2) is 22.8 Å². The number of furan rings is 1. The van der Waals surface area contributed by atoms with Crippen molar-refractivity contribution in [1.29, 1.82) is 0 Å². The van der Waals surface area contributed by atoms with Gasteiger partial charge in [-0.05, 0) is 31.5 Å². The van der Waals surface area contributed by atoms with Crippen molar-refractivity contribution < 1.29 is 23.5 Å². The lowest BCUT2D eigenvalue weighted by atomic mass is 10.1. The fraction of sp³-hybridized carbons (Fsp3) is 0.611. The molecule has 9 nitrogen and oxygen atoms in total.